The number of hydrogen-bond donors (Lipinski definition) is 1. The van der Waals surface area contributed by atoms with E-state index < -0.39 is 17.5 Å². The zero-order valence-electron chi connectivity index (χ0n) is 11.6. The Morgan fingerprint density at radius 3 is 2.52 bits per heavy atom. The molecule has 0 radical (unpaired) electrons. The average Bonchev–Trinajstić information content (AvgIpc) is 2.44. The number of benzene rings is 2. The van der Waals surface area contributed by atoms with Crippen LogP contribution >= 0.6 is 11.8 Å². The Bertz CT molecular complexity index is 631. The number of rotatable bonds is 5. The van der Waals surface area contributed by atoms with E-state index in [0.29, 0.717) is 11.3 Å². The van der Waals surface area contributed by atoms with E-state index in [0.717, 1.165) is 35.9 Å². The van der Waals surface area contributed by atoms with Crippen LogP contribution in [0.25, 0.3) is 0 Å². The minimum Gasteiger partial charge on any atom is -0.327 e. The van der Waals surface area contributed by atoms with Crippen LogP contribution in [0.5, 0.6) is 0 Å². The van der Waals surface area contributed by atoms with E-state index in [9.17, 15) is 13.2 Å². The van der Waals surface area contributed by atoms with Gasteiger partial charge in [0.05, 0.1) is 4.90 Å². The lowest BCUT2D eigenvalue weighted by Gasteiger charge is -2.14. The molecule has 0 heterocycles. The summed E-state index contributed by atoms with van der Waals surface area (Å²) in [7, 11) is 0. The molecule has 0 saturated carbocycles. The van der Waals surface area contributed by atoms with E-state index in [2.05, 4.69) is 0 Å². The van der Waals surface area contributed by atoms with Gasteiger partial charge in [-0.15, -0.1) is 0 Å². The van der Waals surface area contributed by atoms with Crippen molar-refractivity contribution in [2.45, 2.75) is 35.6 Å². The molecule has 0 amide bonds. The summed E-state index contributed by atoms with van der Waals surface area (Å²) in [6.07, 6.45) is 1.28. The third-order valence-corrected chi connectivity index (χ3v) is 4.37. The monoisotopic (exact) mass is 311 g/mol. The van der Waals surface area contributed by atoms with Crippen LogP contribution in [0.2, 0.25) is 0 Å². The molecule has 0 aliphatic heterocycles. The highest BCUT2D eigenvalue weighted by molar-refractivity contribution is 7.99. The van der Waals surface area contributed by atoms with Crippen LogP contribution in [0.1, 0.15) is 18.9 Å². The van der Waals surface area contributed by atoms with Crippen molar-refractivity contribution in [3.05, 3.63) is 59.4 Å². The van der Waals surface area contributed by atoms with Gasteiger partial charge in [-0.1, -0.05) is 30.8 Å². The summed E-state index contributed by atoms with van der Waals surface area (Å²) in [6.45, 7) is 1.95. The first-order valence-electron chi connectivity index (χ1n) is 6.67. The van der Waals surface area contributed by atoms with Gasteiger partial charge in [0.1, 0.15) is 17.5 Å². The normalized spacial score (nSPS) is 12.4. The molecule has 0 aliphatic rings. The van der Waals surface area contributed by atoms with Crippen LogP contribution in [0.15, 0.2) is 46.2 Å². The van der Waals surface area contributed by atoms with Gasteiger partial charge in [-0.25, -0.2) is 13.2 Å². The molecule has 0 fully saturated rings. The molecule has 1 atom stereocenters. The maximum atomic E-state index is 14.0. The number of halogens is 3. The quantitative estimate of drug-likeness (QED) is 0.877. The van der Waals surface area contributed by atoms with Crippen LogP contribution in [-0.2, 0) is 6.42 Å². The first-order valence-corrected chi connectivity index (χ1v) is 7.48. The van der Waals surface area contributed by atoms with Crippen LogP contribution in [0, 0.1) is 17.5 Å². The summed E-state index contributed by atoms with van der Waals surface area (Å²) >= 11 is 0.956. The third-order valence-electron chi connectivity index (χ3n) is 3.16. The SMILES string of the molecule is CCC(N)Cc1cccc(F)c1Sc1ccc(F)cc1F. The summed E-state index contributed by atoms with van der Waals surface area (Å²) in [5.41, 5.74) is 6.65. The van der Waals surface area contributed by atoms with Gasteiger partial charge >= 0.3 is 0 Å². The van der Waals surface area contributed by atoms with Crippen molar-refractivity contribution in [3.63, 3.8) is 0 Å². The first kappa shape index (κ1) is 15.9. The minimum atomic E-state index is -0.700. The number of nitrogens with two attached hydrogens (primary N) is 1. The largest absolute Gasteiger partial charge is 0.327 e. The van der Waals surface area contributed by atoms with Crippen molar-refractivity contribution >= 4 is 11.8 Å². The Balaban J connectivity index is 2.34. The lowest BCUT2D eigenvalue weighted by atomic mass is 10.0. The fourth-order valence-electron chi connectivity index (χ4n) is 1.92. The summed E-state index contributed by atoms with van der Waals surface area (Å²) in [5.74, 6) is -1.78. The summed E-state index contributed by atoms with van der Waals surface area (Å²) in [5, 5.41) is 0. The Kier molecular flexibility index (Phi) is 5.31. The van der Waals surface area contributed by atoms with Crippen LogP contribution < -0.4 is 5.73 Å². The Morgan fingerprint density at radius 1 is 1.10 bits per heavy atom. The molecule has 2 aromatic rings. The van der Waals surface area contributed by atoms with Gasteiger partial charge in [0.25, 0.3) is 0 Å². The Morgan fingerprint density at radius 2 is 1.86 bits per heavy atom. The van der Waals surface area contributed by atoms with Gasteiger partial charge in [-0.3, -0.25) is 0 Å². The molecule has 1 unspecified atom stereocenters. The molecule has 21 heavy (non-hydrogen) atoms. The molecule has 2 rings (SSSR count). The molecule has 5 heteroatoms. The van der Waals surface area contributed by atoms with E-state index >= 15 is 0 Å². The molecule has 2 N–H and O–H groups in total. The molecular formula is C16H16F3NS. The maximum Gasteiger partial charge on any atom is 0.140 e. The highest BCUT2D eigenvalue weighted by Gasteiger charge is 2.15. The van der Waals surface area contributed by atoms with Crippen molar-refractivity contribution in [2.75, 3.05) is 0 Å². The van der Waals surface area contributed by atoms with Gasteiger partial charge in [-0.05, 0) is 36.6 Å². The average molecular weight is 311 g/mol. The Hall–Kier alpha value is -1.46. The van der Waals surface area contributed by atoms with Crippen molar-refractivity contribution in [2.24, 2.45) is 5.73 Å². The summed E-state index contributed by atoms with van der Waals surface area (Å²) in [6, 6.07) is 7.89. The smallest absolute Gasteiger partial charge is 0.140 e. The second-order valence-electron chi connectivity index (χ2n) is 4.78. The van der Waals surface area contributed by atoms with E-state index in [1.807, 2.05) is 6.92 Å². The Labute approximate surface area is 126 Å². The standard InChI is InChI=1S/C16H16F3NS/c1-2-12(20)8-10-4-3-5-13(18)16(10)21-15-7-6-11(17)9-14(15)19/h3-7,9,12H,2,8,20H2,1H3. The lowest BCUT2D eigenvalue weighted by molar-refractivity contribution is 0.564. The van der Waals surface area contributed by atoms with Gasteiger partial charge in [0.2, 0.25) is 0 Å². The zero-order chi connectivity index (χ0) is 15.4. The zero-order valence-corrected chi connectivity index (χ0v) is 12.4. The topological polar surface area (TPSA) is 26.0 Å². The predicted molar refractivity (Wildman–Crippen MR) is 78.9 cm³/mol. The van der Waals surface area contributed by atoms with Crippen molar-refractivity contribution in [1.82, 2.24) is 0 Å². The second-order valence-corrected chi connectivity index (χ2v) is 5.83. The molecule has 1 nitrogen and oxygen atoms in total. The van der Waals surface area contributed by atoms with Gasteiger partial charge in [0.15, 0.2) is 0 Å². The maximum absolute atomic E-state index is 14.0. The van der Waals surface area contributed by atoms with Gasteiger partial charge < -0.3 is 5.73 Å². The number of hydrogen-bond acceptors (Lipinski definition) is 2. The highest BCUT2D eigenvalue weighted by Crippen LogP contribution is 2.35. The first-order chi connectivity index (χ1) is 10.0. The molecule has 0 aliphatic carbocycles. The second kappa shape index (κ2) is 7.00. The van der Waals surface area contributed by atoms with E-state index in [4.69, 9.17) is 5.73 Å². The summed E-state index contributed by atoms with van der Waals surface area (Å²) in [4.78, 5) is 0.528. The fraction of sp³-hybridized carbons (Fsp3) is 0.250. The molecule has 112 valence electrons. The predicted octanol–water partition coefficient (Wildman–Crippen LogP) is 4.53. The molecule has 0 bridgehead atoms. The molecule has 2 aromatic carbocycles. The molecule has 0 aromatic heterocycles. The molecule has 0 saturated heterocycles. The van der Waals surface area contributed by atoms with Gasteiger partial charge in [0, 0.05) is 17.0 Å². The van der Waals surface area contributed by atoms with Crippen molar-refractivity contribution < 1.29 is 13.2 Å². The van der Waals surface area contributed by atoms with Gasteiger partial charge in [-0.2, -0.15) is 0 Å². The lowest BCUT2D eigenvalue weighted by Crippen LogP contribution is -2.21. The fourth-order valence-corrected chi connectivity index (χ4v) is 2.88. The minimum absolute atomic E-state index is 0.0794. The summed E-state index contributed by atoms with van der Waals surface area (Å²) < 4.78 is 40.7. The van der Waals surface area contributed by atoms with Crippen molar-refractivity contribution in [3.8, 4) is 0 Å². The molecular weight excluding hydrogens is 295 g/mol. The van der Waals surface area contributed by atoms with Crippen LogP contribution in [0.4, 0.5) is 13.2 Å². The molecule has 0 spiro atoms. The van der Waals surface area contributed by atoms with E-state index in [1.54, 1.807) is 12.1 Å². The van der Waals surface area contributed by atoms with Crippen molar-refractivity contribution in [1.29, 1.82) is 0 Å². The van der Waals surface area contributed by atoms with Crippen LogP contribution in [-0.4, -0.2) is 6.04 Å². The van der Waals surface area contributed by atoms with Crippen LogP contribution in [0.3, 0.4) is 0 Å². The highest BCUT2D eigenvalue weighted by atomic mass is 32.2. The third kappa shape index (κ3) is 4.02. The van der Waals surface area contributed by atoms with E-state index in [-0.39, 0.29) is 10.9 Å². The van der Waals surface area contributed by atoms with E-state index in [1.165, 1.54) is 12.1 Å².